The monoisotopic (exact) mass is 445 g/mol. The second kappa shape index (κ2) is 8.97. The number of aromatic nitrogens is 2. The lowest BCUT2D eigenvalue weighted by molar-refractivity contribution is 0.196. The molecular formula is C27H28ClN3O. The van der Waals surface area contributed by atoms with E-state index in [-0.39, 0.29) is 0 Å². The van der Waals surface area contributed by atoms with Crippen molar-refractivity contribution in [1.82, 2.24) is 14.5 Å². The van der Waals surface area contributed by atoms with Crippen LogP contribution in [-0.2, 0) is 6.54 Å². The molecule has 2 aromatic heterocycles. The smallest absolute Gasteiger partial charge is 0.118 e. The Kier molecular flexibility index (Phi) is 5.90. The Balaban J connectivity index is 1.54. The number of fused-ring (bicyclic) bond motifs is 1. The average Bonchev–Trinajstić information content (AvgIpc) is 3.16. The minimum absolute atomic E-state index is 0.653. The molecule has 1 aliphatic heterocycles. The number of halogens is 1. The third-order valence-corrected chi connectivity index (χ3v) is 6.73. The van der Waals surface area contributed by atoms with Gasteiger partial charge in [-0.15, -0.1) is 0 Å². The summed E-state index contributed by atoms with van der Waals surface area (Å²) in [4.78, 5) is 7.01. The standard InChI is InChI=1S/C27H28ClN3O/c1-30-11-3-4-19(16-30)17-31-18-26(25-10-7-23(28)13-27(25)31)22-12-21(14-29-15-22)20-5-8-24(32-2)9-6-20/h5-10,12-15,18-19H,3-4,11,16-17H2,1-2H3. The van der Waals surface area contributed by atoms with E-state index in [2.05, 4.69) is 58.0 Å². The Bertz CT molecular complexity index is 1230. The molecule has 3 heterocycles. The Morgan fingerprint density at radius 1 is 1.03 bits per heavy atom. The highest BCUT2D eigenvalue weighted by Gasteiger charge is 2.20. The van der Waals surface area contributed by atoms with Gasteiger partial charge in [0.05, 0.1) is 12.6 Å². The maximum absolute atomic E-state index is 6.40. The van der Waals surface area contributed by atoms with E-state index < -0.39 is 0 Å². The number of ether oxygens (including phenoxy) is 1. The normalized spacial score (nSPS) is 17.0. The summed E-state index contributed by atoms with van der Waals surface area (Å²) in [6.45, 7) is 3.35. The Morgan fingerprint density at radius 2 is 1.84 bits per heavy atom. The third kappa shape index (κ3) is 4.25. The fourth-order valence-electron chi connectivity index (χ4n) is 4.88. The molecule has 164 valence electrons. The van der Waals surface area contributed by atoms with Gasteiger partial charge in [0.25, 0.3) is 0 Å². The van der Waals surface area contributed by atoms with Crippen LogP contribution < -0.4 is 4.74 Å². The van der Waals surface area contributed by atoms with Crippen LogP contribution in [0.25, 0.3) is 33.2 Å². The molecular weight excluding hydrogens is 418 g/mol. The third-order valence-electron chi connectivity index (χ3n) is 6.49. The minimum atomic E-state index is 0.653. The Hall–Kier alpha value is -2.82. The number of likely N-dealkylation sites (tertiary alicyclic amines) is 1. The first kappa shape index (κ1) is 21.0. The maximum Gasteiger partial charge on any atom is 0.118 e. The second-order valence-electron chi connectivity index (χ2n) is 8.82. The highest BCUT2D eigenvalue weighted by molar-refractivity contribution is 6.31. The summed E-state index contributed by atoms with van der Waals surface area (Å²) >= 11 is 6.40. The van der Waals surface area contributed by atoms with E-state index >= 15 is 0 Å². The molecule has 5 rings (SSSR count). The largest absolute Gasteiger partial charge is 0.497 e. The molecule has 1 aliphatic rings. The van der Waals surface area contributed by atoms with Crippen LogP contribution in [0.4, 0.5) is 0 Å². The van der Waals surface area contributed by atoms with Crippen molar-refractivity contribution in [3.05, 3.63) is 72.1 Å². The van der Waals surface area contributed by atoms with Crippen LogP contribution >= 0.6 is 11.6 Å². The highest BCUT2D eigenvalue weighted by Crippen LogP contribution is 2.35. The molecule has 0 radical (unpaired) electrons. The molecule has 1 fully saturated rings. The number of rotatable bonds is 5. The van der Waals surface area contributed by atoms with Crippen molar-refractivity contribution in [1.29, 1.82) is 0 Å². The molecule has 0 bridgehead atoms. The van der Waals surface area contributed by atoms with E-state index in [9.17, 15) is 0 Å². The lowest BCUT2D eigenvalue weighted by atomic mass is 9.98. The van der Waals surface area contributed by atoms with Crippen molar-refractivity contribution < 1.29 is 4.74 Å². The van der Waals surface area contributed by atoms with Gasteiger partial charge in [-0.3, -0.25) is 4.98 Å². The molecule has 4 nitrogen and oxygen atoms in total. The molecule has 1 atom stereocenters. The fourth-order valence-corrected chi connectivity index (χ4v) is 5.04. The second-order valence-corrected chi connectivity index (χ2v) is 9.25. The van der Waals surface area contributed by atoms with Crippen molar-refractivity contribution in [2.75, 3.05) is 27.2 Å². The summed E-state index contributed by atoms with van der Waals surface area (Å²) in [5.74, 6) is 1.51. The van der Waals surface area contributed by atoms with Crippen LogP contribution in [-0.4, -0.2) is 41.7 Å². The molecule has 1 unspecified atom stereocenters. The Morgan fingerprint density at radius 3 is 2.62 bits per heavy atom. The van der Waals surface area contributed by atoms with Crippen LogP contribution in [0.3, 0.4) is 0 Å². The first-order chi connectivity index (χ1) is 15.6. The predicted molar refractivity (Wildman–Crippen MR) is 132 cm³/mol. The predicted octanol–water partition coefficient (Wildman–Crippen LogP) is 6.37. The molecule has 0 amide bonds. The molecule has 0 N–H and O–H groups in total. The van der Waals surface area contributed by atoms with E-state index in [1.54, 1.807) is 7.11 Å². The van der Waals surface area contributed by atoms with E-state index in [0.29, 0.717) is 5.92 Å². The zero-order chi connectivity index (χ0) is 22.1. The van der Waals surface area contributed by atoms with Gasteiger partial charge in [-0.05, 0) is 68.2 Å². The lowest BCUT2D eigenvalue weighted by Gasteiger charge is -2.30. The number of benzene rings is 2. The van der Waals surface area contributed by atoms with E-state index in [1.165, 1.54) is 35.9 Å². The fraction of sp³-hybridized carbons (Fsp3) is 0.296. The number of methoxy groups -OCH3 is 1. The summed E-state index contributed by atoms with van der Waals surface area (Å²) in [6, 6.07) is 16.5. The summed E-state index contributed by atoms with van der Waals surface area (Å²) < 4.78 is 7.68. The van der Waals surface area contributed by atoms with E-state index in [1.807, 2.05) is 30.6 Å². The molecule has 1 saturated heterocycles. The van der Waals surface area contributed by atoms with Gasteiger partial charge in [0, 0.05) is 58.8 Å². The van der Waals surface area contributed by atoms with E-state index in [4.69, 9.17) is 16.3 Å². The number of pyridine rings is 1. The van der Waals surface area contributed by atoms with Gasteiger partial charge in [-0.25, -0.2) is 0 Å². The summed E-state index contributed by atoms with van der Waals surface area (Å²) in [5.41, 5.74) is 5.72. The van der Waals surface area contributed by atoms with Crippen LogP contribution in [0.2, 0.25) is 5.02 Å². The topological polar surface area (TPSA) is 30.3 Å². The van der Waals surface area contributed by atoms with Crippen molar-refractivity contribution in [2.45, 2.75) is 19.4 Å². The van der Waals surface area contributed by atoms with Crippen molar-refractivity contribution in [3.63, 3.8) is 0 Å². The molecule has 5 heteroatoms. The SMILES string of the molecule is COc1ccc(-c2cncc(-c3cn(CC4CCCN(C)C4)c4cc(Cl)ccc34)c2)cc1. The van der Waals surface area contributed by atoms with Gasteiger partial charge >= 0.3 is 0 Å². The molecule has 0 saturated carbocycles. The number of hydrogen-bond acceptors (Lipinski definition) is 3. The van der Waals surface area contributed by atoms with Crippen LogP contribution in [0.15, 0.2) is 67.1 Å². The molecule has 2 aromatic carbocycles. The van der Waals surface area contributed by atoms with Crippen molar-refractivity contribution in [2.24, 2.45) is 5.92 Å². The van der Waals surface area contributed by atoms with E-state index in [0.717, 1.165) is 40.6 Å². The van der Waals surface area contributed by atoms with Crippen LogP contribution in [0, 0.1) is 5.92 Å². The number of hydrogen-bond donors (Lipinski definition) is 0. The maximum atomic E-state index is 6.40. The summed E-state index contributed by atoms with van der Waals surface area (Å²) in [5, 5.41) is 1.99. The minimum Gasteiger partial charge on any atom is -0.497 e. The van der Waals surface area contributed by atoms with Gasteiger partial charge in [0.1, 0.15) is 5.75 Å². The molecule has 0 spiro atoms. The summed E-state index contributed by atoms with van der Waals surface area (Å²) in [6.07, 6.45) is 8.69. The van der Waals surface area contributed by atoms with Crippen molar-refractivity contribution >= 4 is 22.5 Å². The quantitative estimate of drug-likeness (QED) is 0.357. The van der Waals surface area contributed by atoms with Gasteiger partial charge in [-0.2, -0.15) is 0 Å². The first-order valence-corrected chi connectivity index (χ1v) is 11.6. The van der Waals surface area contributed by atoms with Gasteiger partial charge in [0.2, 0.25) is 0 Å². The lowest BCUT2D eigenvalue weighted by Crippen LogP contribution is -2.33. The number of nitrogens with zero attached hydrogens (tertiary/aromatic N) is 3. The zero-order valence-electron chi connectivity index (χ0n) is 18.6. The van der Waals surface area contributed by atoms with Gasteiger partial charge < -0.3 is 14.2 Å². The van der Waals surface area contributed by atoms with Gasteiger partial charge in [0.15, 0.2) is 0 Å². The van der Waals surface area contributed by atoms with Gasteiger partial charge in [-0.1, -0.05) is 29.8 Å². The average molecular weight is 446 g/mol. The molecule has 0 aliphatic carbocycles. The first-order valence-electron chi connectivity index (χ1n) is 11.2. The number of piperidine rings is 1. The zero-order valence-corrected chi connectivity index (χ0v) is 19.3. The van der Waals surface area contributed by atoms with Crippen LogP contribution in [0.1, 0.15) is 12.8 Å². The Labute approximate surface area is 194 Å². The van der Waals surface area contributed by atoms with Crippen LogP contribution in [0.5, 0.6) is 5.75 Å². The highest BCUT2D eigenvalue weighted by atomic mass is 35.5. The summed E-state index contributed by atoms with van der Waals surface area (Å²) in [7, 11) is 3.91. The molecule has 32 heavy (non-hydrogen) atoms. The van der Waals surface area contributed by atoms with Crippen molar-refractivity contribution in [3.8, 4) is 28.0 Å². The molecule has 4 aromatic rings.